The molecule has 190 valence electrons. The molecule has 0 bridgehead atoms. The topological polar surface area (TPSA) is 146 Å². The quantitative estimate of drug-likeness (QED) is 0.310. The highest BCUT2D eigenvalue weighted by Gasteiger charge is 2.33. The summed E-state index contributed by atoms with van der Waals surface area (Å²) >= 11 is 0. The molecule has 0 unspecified atom stereocenters. The van der Waals surface area contributed by atoms with Crippen LogP contribution in [0, 0.1) is 0 Å². The number of carbonyl (C=O) groups is 1. The van der Waals surface area contributed by atoms with Gasteiger partial charge in [-0.3, -0.25) is 9.88 Å². The van der Waals surface area contributed by atoms with Gasteiger partial charge in [0.15, 0.2) is 0 Å². The number of nitrogens with one attached hydrogen (secondary N) is 1. The number of fused-ring (bicyclic) bond motifs is 1. The Morgan fingerprint density at radius 1 is 1.11 bits per heavy atom. The van der Waals surface area contributed by atoms with Crippen molar-refractivity contribution in [2.75, 3.05) is 31.1 Å². The van der Waals surface area contributed by atoms with Gasteiger partial charge in [0.25, 0.3) is 5.71 Å². The summed E-state index contributed by atoms with van der Waals surface area (Å²) < 4.78 is 16.2. The van der Waals surface area contributed by atoms with E-state index < -0.39 is 11.7 Å². The highest BCUT2D eigenvalue weighted by molar-refractivity contribution is 5.89. The van der Waals surface area contributed by atoms with Crippen molar-refractivity contribution in [2.24, 2.45) is 5.73 Å². The maximum Gasteiger partial charge on any atom is 0.415 e. The third-order valence-corrected chi connectivity index (χ3v) is 5.81. The van der Waals surface area contributed by atoms with Gasteiger partial charge in [-0.15, -0.1) is 0 Å². The first kappa shape index (κ1) is 24.3. The van der Waals surface area contributed by atoms with Crippen molar-refractivity contribution in [3.05, 3.63) is 77.0 Å². The number of benzene rings is 1. The van der Waals surface area contributed by atoms with E-state index in [0.717, 1.165) is 22.9 Å². The molecule has 1 amide bonds. The van der Waals surface area contributed by atoms with E-state index in [2.05, 4.69) is 32.4 Å². The lowest BCUT2D eigenvalue weighted by molar-refractivity contribution is 0.136. The van der Waals surface area contributed by atoms with Gasteiger partial charge in [0.2, 0.25) is 0 Å². The summed E-state index contributed by atoms with van der Waals surface area (Å²) in [4.78, 5) is 37.8. The minimum atomic E-state index is -0.600. The molecule has 3 aromatic heterocycles. The molecular formula is C26H26N6O5. The number of cyclic esters (lactones) is 1. The smallest absolute Gasteiger partial charge is 0.415 e. The number of nitrogens with zero attached hydrogens (tertiary/aromatic N) is 4. The maximum absolute atomic E-state index is 12.4. The molecule has 1 aromatic carbocycles. The molecule has 1 fully saturated rings. The highest BCUT2D eigenvalue weighted by atomic mass is 16.6. The first-order valence-corrected chi connectivity index (χ1v) is 11.9. The molecule has 3 N–H and O–H groups in total. The van der Waals surface area contributed by atoms with Crippen LogP contribution < -0.4 is 26.3 Å². The van der Waals surface area contributed by atoms with Crippen molar-refractivity contribution >= 4 is 23.1 Å². The van der Waals surface area contributed by atoms with Crippen LogP contribution in [0.5, 0.6) is 5.75 Å². The summed E-state index contributed by atoms with van der Waals surface area (Å²) in [5.41, 5.74) is 8.55. The van der Waals surface area contributed by atoms with Crippen LogP contribution in [0.2, 0.25) is 0 Å². The van der Waals surface area contributed by atoms with Gasteiger partial charge >= 0.3 is 11.7 Å². The van der Waals surface area contributed by atoms with Gasteiger partial charge in [-0.25, -0.2) is 14.6 Å². The van der Waals surface area contributed by atoms with Gasteiger partial charge in [0.05, 0.1) is 12.7 Å². The van der Waals surface area contributed by atoms with Crippen molar-refractivity contribution in [3.63, 3.8) is 0 Å². The largest absolute Gasteiger partial charge is 0.491 e. The standard InChI is InChI=1S/C26H26N6O5/c27-7-9-35-21-11-19(13-29-14-21)18-3-1-2-17(10-18)12-28-8-6-20-16-32(26(34)36-20)23-5-4-22-25(31-23)37-24(33)15-30-22/h1-5,10-11,13-15,20,28H,6-9,12,16,27H2/t20-/m0/s1. The Kier molecular flexibility index (Phi) is 7.33. The summed E-state index contributed by atoms with van der Waals surface area (Å²) in [6.07, 6.45) is 4.43. The fourth-order valence-corrected chi connectivity index (χ4v) is 4.04. The highest BCUT2D eigenvalue weighted by Crippen LogP contribution is 2.24. The van der Waals surface area contributed by atoms with Gasteiger partial charge in [-0.2, -0.15) is 4.98 Å². The number of carbonyl (C=O) groups excluding carboxylic acids is 1. The van der Waals surface area contributed by atoms with Crippen LogP contribution in [0.15, 0.2) is 70.3 Å². The third-order valence-electron chi connectivity index (χ3n) is 5.81. The average Bonchev–Trinajstić information content (AvgIpc) is 3.30. The van der Waals surface area contributed by atoms with E-state index in [0.29, 0.717) is 56.3 Å². The predicted octanol–water partition coefficient (Wildman–Crippen LogP) is 2.49. The van der Waals surface area contributed by atoms with E-state index in [1.165, 1.54) is 4.90 Å². The van der Waals surface area contributed by atoms with Gasteiger partial charge in [-0.05, 0) is 48.4 Å². The molecule has 11 heteroatoms. The Bertz CT molecular complexity index is 1460. The zero-order valence-electron chi connectivity index (χ0n) is 20.0. The number of hydrogen-bond donors (Lipinski definition) is 2. The van der Waals surface area contributed by atoms with Crippen LogP contribution in [-0.2, 0) is 11.3 Å². The van der Waals surface area contributed by atoms with Crippen LogP contribution in [0.1, 0.15) is 12.0 Å². The van der Waals surface area contributed by atoms with Crippen LogP contribution in [0.3, 0.4) is 0 Å². The number of pyridine rings is 2. The Morgan fingerprint density at radius 3 is 2.92 bits per heavy atom. The van der Waals surface area contributed by atoms with E-state index in [9.17, 15) is 9.59 Å². The van der Waals surface area contributed by atoms with E-state index in [4.69, 9.17) is 19.6 Å². The van der Waals surface area contributed by atoms with Gasteiger partial charge in [0, 0.05) is 24.8 Å². The molecule has 0 saturated carbocycles. The molecule has 1 aliphatic rings. The number of nitrogens with two attached hydrogens (primary N) is 1. The average molecular weight is 503 g/mol. The van der Waals surface area contributed by atoms with Crippen molar-refractivity contribution in [1.82, 2.24) is 20.3 Å². The van der Waals surface area contributed by atoms with Crippen LogP contribution >= 0.6 is 0 Å². The van der Waals surface area contributed by atoms with E-state index in [-0.39, 0.29) is 11.8 Å². The molecule has 0 radical (unpaired) electrons. The molecule has 5 rings (SSSR count). The van der Waals surface area contributed by atoms with Crippen molar-refractivity contribution in [1.29, 1.82) is 0 Å². The lowest BCUT2D eigenvalue weighted by atomic mass is 10.0. The Labute approximate surface area is 212 Å². The number of hydrogen-bond acceptors (Lipinski definition) is 10. The summed E-state index contributed by atoms with van der Waals surface area (Å²) in [5, 5.41) is 3.41. The Balaban J connectivity index is 1.14. The minimum Gasteiger partial charge on any atom is -0.491 e. The fourth-order valence-electron chi connectivity index (χ4n) is 4.04. The molecule has 0 aliphatic carbocycles. The van der Waals surface area contributed by atoms with Crippen molar-refractivity contribution in [2.45, 2.75) is 19.1 Å². The van der Waals surface area contributed by atoms with Crippen LogP contribution in [0.25, 0.3) is 22.4 Å². The number of anilines is 1. The Hall–Kier alpha value is -4.35. The number of amides is 1. The zero-order chi connectivity index (χ0) is 25.6. The number of rotatable bonds is 10. The zero-order valence-corrected chi connectivity index (χ0v) is 20.0. The summed E-state index contributed by atoms with van der Waals surface area (Å²) in [6.45, 7) is 2.56. The molecule has 37 heavy (non-hydrogen) atoms. The van der Waals surface area contributed by atoms with Crippen molar-refractivity contribution < 1.29 is 18.7 Å². The molecule has 4 heterocycles. The fraction of sp³-hybridized carbons (Fsp3) is 0.269. The first-order chi connectivity index (χ1) is 18.1. The molecule has 0 spiro atoms. The second-order valence-electron chi connectivity index (χ2n) is 8.50. The second kappa shape index (κ2) is 11.1. The molecular weight excluding hydrogens is 476 g/mol. The van der Waals surface area contributed by atoms with E-state index >= 15 is 0 Å². The lowest BCUT2D eigenvalue weighted by Gasteiger charge is -2.12. The van der Waals surface area contributed by atoms with Gasteiger partial charge in [-0.1, -0.05) is 18.2 Å². The van der Waals surface area contributed by atoms with Crippen molar-refractivity contribution in [3.8, 4) is 16.9 Å². The molecule has 1 atom stereocenters. The van der Waals surface area contributed by atoms with E-state index in [1.807, 2.05) is 18.2 Å². The normalized spacial score (nSPS) is 15.2. The van der Waals surface area contributed by atoms with Gasteiger partial charge < -0.3 is 24.9 Å². The predicted molar refractivity (Wildman–Crippen MR) is 136 cm³/mol. The van der Waals surface area contributed by atoms with E-state index in [1.54, 1.807) is 24.5 Å². The number of aromatic nitrogens is 3. The monoisotopic (exact) mass is 502 g/mol. The molecule has 4 aromatic rings. The van der Waals surface area contributed by atoms with Gasteiger partial charge in [0.1, 0.15) is 36.0 Å². The Morgan fingerprint density at radius 2 is 2.03 bits per heavy atom. The molecule has 11 nitrogen and oxygen atoms in total. The summed E-state index contributed by atoms with van der Waals surface area (Å²) in [7, 11) is 0. The number of ether oxygens (including phenoxy) is 2. The molecule has 1 saturated heterocycles. The lowest BCUT2D eigenvalue weighted by Crippen LogP contribution is -2.26. The third kappa shape index (κ3) is 5.90. The van der Waals surface area contributed by atoms with Crippen LogP contribution in [0.4, 0.5) is 10.6 Å². The maximum atomic E-state index is 12.4. The SMILES string of the molecule is NCCOc1cncc(-c2cccc(CNCC[C@H]3CN(c4ccc5ncc(=O)oc5n4)C(=O)O3)c2)c1. The summed E-state index contributed by atoms with van der Waals surface area (Å²) in [5.74, 6) is 1.04. The summed E-state index contributed by atoms with van der Waals surface area (Å²) in [6, 6.07) is 13.4. The minimum absolute atomic E-state index is 0.0794. The van der Waals surface area contributed by atoms with Crippen LogP contribution in [-0.4, -0.2) is 53.4 Å². The first-order valence-electron chi connectivity index (χ1n) is 11.9. The molecule has 1 aliphatic heterocycles. The second-order valence-corrected chi connectivity index (χ2v) is 8.50.